The summed E-state index contributed by atoms with van der Waals surface area (Å²) in [4.78, 5) is 12.1. The number of aromatic nitrogens is 3. The van der Waals surface area contributed by atoms with Gasteiger partial charge in [-0.05, 0) is 48.4 Å². The van der Waals surface area contributed by atoms with E-state index in [0.29, 0.717) is 52.5 Å². The van der Waals surface area contributed by atoms with E-state index < -0.39 is 31.3 Å². The highest BCUT2D eigenvalue weighted by Gasteiger charge is 2.48. The second-order valence-corrected chi connectivity index (χ2v) is 10.3. The molecular weight excluding hydrogens is 543 g/mol. The molecule has 2 aliphatic heterocycles. The van der Waals surface area contributed by atoms with Crippen molar-refractivity contribution in [3.8, 4) is 11.8 Å². The van der Waals surface area contributed by atoms with Crippen LogP contribution in [-0.4, -0.2) is 83.9 Å². The number of rotatable bonds is 10. The highest BCUT2D eigenvalue weighted by atomic mass is 35.5. The first-order valence-corrected chi connectivity index (χ1v) is 13.2. The maximum Gasteiger partial charge on any atom is 0.296 e. The van der Waals surface area contributed by atoms with Crippen molar-refractivity contribution in [2.45, 2.75) is 56.0 Å². The molecule has 210 valence electrons. The van der Waals surface area contributed by atoms with Gasteiger partial charge in [0.2, 0.25) is 0 Å². The Morgan fingerprint density at radius 3 is 2.82 bits per heavy atom. The monoisotopic (exact) mass is 569 g/mol. The van der Waals surface area contributed by atoms with Crippen molar-refractivity contribution in [3.05, 3.63) is 45.9 Å². The quantitative estimate of drug-likeness (QED) is 0.357. The maximum absolute atomic E-state index is 15.1. The van der Waals surface area contributed by atoms with Gasteiger partial charge in [-0.2, -0.15) is 4.98 Å². The van der Waals surface area contributed by atoms with Gasteiger partial charge in [0.1, 0.15) is 43.1 Å². The lowest BCUT2D eigenvalue weighted by atomic mass is 9.95. The van der Waals surface area contributed by atoms with E-state index in [9.17, 15) is 13.9 Å². The first-order valence-electron chi connectivity index (χ1n) is 12.8. The van der Waals surface area contributed by atoms with Crippen LogP contribution in [0.3, 0.4) is 0 Å². The van der Waals surface area contributed by atoms with Crippen LogP contribution in [0, 0.1) is 5.82 Å². The van der Waals surface area contributed by atoms with Crippen LogP contribution in [0.2, 0.25) is 5.02 Å². The van der Waals surface area contributed by atoms with Gasteiger partial charge in [-0.3, -0.25) is 0 Å². The van der Waals surface area contributed by atoms with E-state index in [1.165, 1.54) is 6.07 Å². The second-order valence-electron chi connectivity index (χ2n) is 9.88. The molecule has 39 heavy (non-hydrogen) atoms. The van der Waals surface area contributed by atoms with Crippen molar-refractivity contribution in [2.75, 3.05) is 33.0 Å². The summed E-state index contributed by atoms with van der Waals surface area (Å²) in [6.45, 7) is -0.144. The van der Waals surface area contributed by atoms with Gasteiger partial charge in [0, 0.05) is 6.07 Å². The smallest absolute Gasteiger partial charge is 0.296 e. The molecule has 4 heterocycles. The van der Waals surface area contributed by atoms with E-state index in [1.807, 2.05) is 0 Å². The number of pyridine rings is 1. The van der Waals surface area contributed by atoms with Crippen LogP contribution in [0.25, 0.3) is 11.2 Å². The topological polar surface area (TPSA) is 108 Å². The van der Waals surface area contributed by atoms with Crippen LogP contribution in [0.1, 0.15) is 29.2 Å². The molecule has 1 unspecified atom stereocenters. The van der Waals surface area contributed by atoms with Crippen molar-refractivity contribution in [2.24, 2.45) is 0 Å². The predicted molar refractivity (Wildman–Crippen MR) is 132 cm³/mol. The first kappa shape index (κ1) is 26.6. The van der Waals surface area contributed by atoms with Crippen LogP contribution < -0.4 is 9.47 Å². The zero-order valence-corrected chi connectivity index (χ0v) is 21.5. The molecule has 0 saturated carbocycles. The average Bonchev–Trinajstić information content (AvgIpc) is 3.65. The lowest BCUT2D eigenvalue weighted by Gasteiger charge is -2.15. The lowest BCUT2D eigenvalue weighted by molar-refractivity contribution is 0.00705. The number of nitrogens with one attached hydrogen (secondary N) is 1. The fourth-order valence-electron chi connectivity index (χ4n) is 5.52. The molecule has 0 amide bonds. The third kappa shape index (κ3) is 5.53. The lowest BCUT2D eigenvalue weighted by Crippen LogP contribution is -2.34. The number of alkyl halides is 2. The summed E-state index contributed by atoms with van der Waals surface area (Å²) >= 11 is 6.55. The highest BCUT2D eigenvalue weighted by molar-refractivity contribution is 6.31. The minimum Gasteiger partial charge on any atom is -0.491 e. The molecule has 0 spiro atoms. The Morgan fingerprint density at radius 1 is 1.13 bits per heavy atom. The minimum absolute atomic E-state index is 0.00923. The number of hydrogen-bond donors (Lipinski definition) is 2. The van der Waals surface area contributed by atoms with Crippen LogP contribution in [-0.2, 0) is 27.1 Å². The Balaban J connectivity index is 1.12. The van der Waals surface area contributed by atoms with E-state index in [0.717, 1.165) is 5.56 Å². The number of H-pyrrole nitrogens is 1. The highest BCUT2D eigenvalue weighted by Crippen LogP contribution is 2.40. The number of fused-ring (bicyclic) bond motifs is 3. The Hall–Kier alpha value is -2.64. The van der Waals surface area contributed by atoms with Gasteiger partial charge in [-0.15, -0.1) is 0 Å². The van der Waals surface area contributed by atoms with Crippen LogP contribution in [0.15, 0.2) is 18.2 Å². The van der Waals surface area contributed by atoms with Gasteiger partial charge < -0.3 is 33.8 Å². The number of aryl methyl sites for hydroxylation is 1. The minimum atomic E-state index is -2.54. The van der Waals surface area contributed by atoms with Crippen molar-refractivity contribution >= 4 is 22.8 Å². The van der Waals surface area contributed by atoms with E-state index in [2.05, 4.69) is 15.0 Å². The van der Waals surface area contributed by atoms with E-state index >= 15 is 4.39 Å². The number of halogens is 4. The molecule has 2 aromatic heterocycles. The molecule has 2 fully saturated rings. The zero-order valence-electron chi connectivity index (χ0n) is 20.7. The summed E-state index contributed by atoms with van der Waals surface area (Å²) in [5, 5.41) is 10.4. The molecule has 1 aromatic carbocycles. The number of benzene rings is 1. The van der Waals surface area contributed by atoms with Gasteiger partial charge >= 0.3 is 0 Å². The summed E-state index contributed by atoms with van der Waals surface area (Å²) in [5.41, 5.74) is 3.06. The molecule has 13 heteroatoms. The fourth-order valence-corrected chi connectivity index (χ4v) is 5.75. The molecule has 2 saturated heterocycles. The van der Waals surface area contributed by atoms with Gasteiger partial charge in [0.05, 0.1) is 36.1 Å². The standard InChI is InChI=1S/C26H27ClF3N3O6/c27-15-8-18-25(33-26(32-18)39-20-10-38-23-19(34)9-37-24(20)23)31-17(15)6-13-2-1-12-5-14(7-16(28)22(12)13)36-4-3-35-11-21(29)30/h5,7-8,13,19-21,23-24,34H,1-4,6,9-11H2,(H,31,32,33)/t13?,19-,20-,23-,24-/m1/s1. The predicted octanol–water partition coefficient (Wildman–Crippen LogP) is 3.59. The zero-order chi connectivity index (χ0) is 27.1. The van der Waals surface area contributed by atoms with E-state index in [1.54, 1.807) is 12.1 Å². The number of aliphatic hydroxyl groups excluding tert-OH is 1. The number of imidazole rings is 1. The summed E-state index contributed by atoms with van der Waals surface area (Å²) in [5.74, 6) is -0.174. The Morgan fingerprint density at radius 2 is 1.97 bits per heavy atom. The SMILES string of the molecule is O[C@@H]1CO[C@H]2[C@@H]1OC[C@H]2Oc1nc2nc(CC3CCc4cc(OCCOCC(F)F)cc(F)c43)c(Cl)cc2[nH]1. The van der Waals surface area contributed by atoms with Gasteiger partial charge in [0.25, 0.3) is 12.4 Å². The van der Waals surface area contributed by atoms with Crippen LogP contribution in [0.5, 0.6) is 11.8 Å². The van der Waals surface area contributed by atoms with Crippen LogP contribution in [0.4, 0.5) is 13.2 Å². The molecule has 6 rings (SSSR count). The number of ether oxygens (including phenoxy) is 5. The first-order chi connectivity index (χ1) is 18.9. The summed E-state index contributed by atoms with van der Waals surface area (Å²) in [6, 6.07) is 5.06. The molecule has 3 aliphatic rings. The molecule has 1 aliphatic carbocycles. The summed E-state index contributed by atoms with van der Waals surface area (Å²) < 4.78 is 66.9. The number of aromatic amines is 1. The fraction of sp³-hybridized carbons (Fsp3) is 0.538. The van der Waals surface area contributed by atoms with Crippen LogP contribution >= 0.6 is 11.6 Å². The normalized spacial score (nSPS) is 25.9. The third-order valence-corrected chi connectivity index (χ3v) is 7.59. The van der Waals surface area contributed by atoms with Crippen molar-refractivity contribution in [3.63, 3.8) is 0 Å². The molecule has 5 atom stereocenters. The number of aliphatic hydroxyl groups is 1. The van der Waals surface area contributed by atoms with Gasteiger partial charge in [-0.1, -0.05) is 11.6 Å². The van der Waals surface area contributed by atoms with Crippen molar-refractivity contribution in [1.29, 1.82) is 0 Å². The number of hydrogen-bond acceptors (Lipinski definition) is 8. The van der Waals surface area contributed by atoms with E-state index in [-0.39, 0.29) is 50.3 Å². The van der Waals surface area contributed by atoms with Crippen molar-refractivity contribution < 1.29 is 42.0 Å². The third-order valence-electron chi connectivity index (χ3n) is 7.26. The Labute approximate surface area is 226 Å². The summed E-state index contributed by atoms with van der Waals surface area (Å²) in [6.07, 6.45) is -2.61. The Bertz CT molecular complexity index is 1340. The Kier molecular flexibility index (Phi) is 7.56. The molecule has 3 aromatic rings. The number of nitrogens with zero attached hydrogens (tertiary/aromatic N) is 2. The van der Waals surface area contributed by atoms with Crippen molar-refractivity contribution in [1.82, 2.24) is 15.0 Å². The molecule has 2 N–H and O–H groups in total. The van der Waals surface area contributed by atoms with Gasteiger partial charge in [0.15, 0.2) is 11.8 Å². The maximum atomic E-state index is 15.1. The average molecular weight is 570 g/mol. The largest absolute Gasteiger partial charge is 0.491 e. The van der Waals surface area contributed by atoms with Gasteiger partial charge in [-0.25, -0.2) is 18.2 Å². The second kappa shape index (κ2) is 11.1. The molecule has 9 nitrogen and oxygen atoms in total. The molecule has 0 bridgehead atoms. The molecule has 0 radical (unpaired) electrons. The van der Waals surface area contributed by atoms with E-state index in [4.69, 9.17) is 35.3 Å². The molecular formula is C26H27ClF3N3O6. The summed E-state index contributed by atoms with van der Waals surface area (Å²) in [7, 11) is 0.